The van der Waals surface area contributed by atoms with Gasteiger partial charge in [0.2, 0.25) is 5.91 Å². The largest absolute Gasteiger partial charge is 0.397 e. The lowest BCUT2D eigenvalue weighted by molar-refractivity contribution is -0.129. The second kappa shape index (κ2) is 5.06. The lowest BCUT2D eigenvalue weighted by Crippen LogP contribution is -2.43. The second-order valence-corrected chi connectivity index (χ2v) is 5.22. The van der Waals surface area contributed by atoms with Crippen molar-refractivity contribution < 1.29 is 4.79 Å². The van der Waals surface area contributed by atoms with Crippen LogP contribution >= 0.6 is 11.6 Å². The molecule has 1 fully saturated rings. The van der Waals surface area contributed by atoms with E-state index in [1.807, 2.05) is 12.1 Å². The predicted octanol–water partition coefficient (Wildman–Crippen LogP) is 1.98. The number of halogens is 1. The minimum absolute atomic E-state index is 0.108. The van der Waals surface area contributed by atoms with Crippen molar-refractivity contribution in [1.29, 1.82) is 0 Å². The topological polar surface area (TPSA) is 49.6 Å². The summed E-state index contributed by atoms with van der Waals surface area (Å²) in [4.78, 5) is 15.8. The van der Waals surface area contributed by atoms with Gasteiger partial charge in [0.25, 0.3) is 0 Å². The molecule has 18 heavy (non-hydrogen) atoms. The van der Waals surface area contributed by atoms with Crippen LogP contribution in [0.1, 0.15) is 12.8 Å². The Morgan fingerprint density at radius 2 is 2.22 bits per heavy atom. The van der Waals surface area contributed by atoms with Crippen LogP contribution in [-0.4, -0.2) is 37.5 Å². The molecular weight excluding hydrogens is 250 g/mol. The molecule has 0 aromatic heterocycles. The number of hydrogen-bond donors (Lipinski definition) is 1. The van der Waals surface area contributed by atoms with Gasteiger partial charge in [0, 0.05) is 25.7 Å². The number of anilines is 2. The zero-order chi connectivity index (χ0) is 13.3. The molecule has 1 aliphatic rings. The van der Waals surface area contributed by atoms with Crippen molar-refractivity contribution in [2.24, 2.45) is 0 Å². The van der Waals surface area contributed by atoms with Crippen LogP contribution in [0.25, 0.3) is 0 Å². The van der Waals surface area contributed by atoms with Crippen LogP contribution in [0.15, 0.2) is 18.2 Å². The third-order valence-electron chi connectivity index (χ3n) is 3.28. The zero-order valence-corrected chi connectivity index (χ0v) is 11.4. The van der Waals surface area contributed by atoms with Gasteiger partial charge in [0.15, 0.2) is 0 Å². The summed E-state index contributed by atoms with van der Waals surface area (Å²) in [5.74, 6) is 0.127. The molecule has 0 spiro atoms. The Bertz CT molecular complexity index is 462. The molecule has 1 saturated heterocycles. The fourth-order valence-corrected chi connectivity index (χ4v) is 2.58. The van der Waals surface area contributed by atoms with Crippen LogP contribution in [0.2, 0.25) is 5.02 Å². The third kappa shape index (κ3) is 2.38. The highest BCUT2D eigenvalue weighted by Gasteiger charge is 2.32. The molecular formula is C13H18ClN3O. The number of carbonyl (C=O) groups is 1. The molecule has 1 atom stereocenters. The smallest absolute Gasteiger partial charge is 0.244 e. The van der Waals surface area contributed by atoms with Crippen LogP contribution in [0.5, 0.6) is 0 Å². The molecule has 0 saturated carbocycles. The first kappa shape index (κ1) is 13.0. The predicted molar refractivity (Wildman–Crippen MR) is 74.9 cm³/mol. The van der Waals surface area contributed by atoms with Gasteiger partial charge < -0.3 is 15.5 Å². The number of likely N-dealkylation sites (N-methyl/N-ethyl adjacent to an activating group) is 1. The van der Waals surface area contributed by atoms with Crippen LogP contribution in [0, 0.1) is 0 Å². The number of nitrogens with two attached hydrogens (primary N) is 1. The van der Waals surface area contributed by atoms with Gasteiger partial charge in [0.1, 0.15) is 6.04 Å². The van der Waals surface area contributed by atoms with Crippen LogP contribution in [0.4, 0.5) is 11.4 Å². The van der Waals surface area contributed by atoms with E-state index in [0.29, 0.717) is 10.7 Å². The van der Waals surface area contributed by atoms with Crippen LogP contribution < -0.4 is 10.6 Å². The summed E-state index contributed by atoms with van der Waals surface area (Å²) in [6, 6.07) is 5.32. The number of benzene rings is 1. The van der Waals surface area contributed by atoms with E-state index in [-0.39, 0.29) is 11.9 Å². The van der Waals surface area contributed by atoms with Crippen LogP contribution in [0.3, 0.4) is 0 Å². The Hall–Kier alpha value is -1.42. The molecule has 1 unspecified atom stereocenters. The summed E-state index contributed by atoms with van der Waals surface area (Å²) in [6.45, 7) is 0.857. The maximum atomic E-state index is 12.1. The lowest BCUT2D eigenvalue weighted by atomic mass is 10.1. The van der Waals surface area contributed by atoms with Crippen molar-refractivity contribution >= 4 is 28.9 Å². The molecule has 98 valence electrons. The number of carbonyl (C=O) groups excluding carboxylic acids is 1. The molecule has 2 N–H and O–H groups in total. The van der Waals surface area contributed by atoms with E-state index in [9.17, 15) is 4.79 Å². The number of nitrogens with zero attached hydrogens (tertiary/aromatic N) is 2. The highest BCUT2D eigenvalue weighted by Crippen LogP contribution is 2.32. The number of amides is 1. The van der Waals surface area contributed by atoms with E-state index in [1.54, 1.807) is 25.1 Å². The molecule has 0 radical (unpaired) electrons. The molecule has 2 rings (SSSR count). The Balaban J connectivity index is 2.29. The van der Waals surface area contributed by atoms with E-state index in [1.165, 1.54) is 0 Å². The van der Waals surface area contributed by atoms with Crippen LogP contribution in [-0.2, 0) is 4.79 Å². The first-order chi connectivity index (χ1) is 8.50. The van der Waals surface area contributed by atoms with E-state index in [0.717, 1.165) is 25.1 Å². The monoisotopic (exact) mass is 267 g/mol. The molecule has 1 aliphatic heterocycles. The summed E-state index contributed by atoms with van der Waals surface area (Å²) in [5.41, 5.74) is 7.51. The van der Waals surface area contributed by atoms with Gasteiger partial charge >= 0.3 is 0 Å². The van der Waals surface area contributed by atoms with E-state index in [2.05, 4.69) is 4.90 Å². The standard InChI is InChI=1S/C13H18ClN3O/c1-16(2)13(18)12-4-3-7-17(12)11-6-5-9(14)8-10(11)15/h5-6,8,12H,3-4,7,15H2,1-2H3. The lowest BCUT2D eigenvalue weighted by Gasteiger charge is -2.29. The average molecular weight is 268 g/mol. The highest BCUT2D eigenvalue weighted by atomic mass is 35.5. The van der Waals surface area contributed by atoms with Crippen molar-refractivity contribution in [2.75, 3.05) is 31.3 Å². The van der Waals surface area contributed by atoms with Crippen molar-refractivity contribution in [3.8, 4) is 0 Å². The zero-order valence-electron chi connectivity index (χ0n) is 10.7. The second-order valence-electron chi connectivity index (χ2n) is 4.79. The minimum atomic E-state index is -0.108. The molecule has 1 aromatic carbocycles. The number of nitrogen functional groups attached to an aromatic ring is 1. The van der Waals surface area contributed by atoms with Crippen molar-refractivity contribution in [3.05, 3.63) is 23.2 Å². The molecule has 1 aromatic rings. The first-order valence-electron chi connectivity index (χ1n) is 6.03. The Morgan fingerprint density at radius 1 is 1.50 bits per heavy atom. The normalized spacial score (nSPS) is 19.1. The molecule has 1 amide bonds. The quantitative estimate of drug-likeness (QED) is 0.834. The number of hydrogen-bond acceptors (Lipinski definition) is 3. The summed E-state index contributed by atoms with van der Waals surface area (Å²) < 4.78 is 0. The third-order valence-corrected chi connectivity index (χ3v) is 3.51. The molecule has 0 bridgehead atoms. The Morgan fingerprint density at radius 3 is 2.83 bits per heavy atom. The van der Waals surface area contributed by atoms with Gasteiger partial charge in [-0.05, 0) is 31.0 Å². The number of rotatable bonds is 2. The van der Waals surface area contributed by atoms with Gasteiger partial charge in [-0.3, -0.25) is 4.79 Å². The van der Waals surface area contributed by atoms with Gasteiger partial charge in [-0.15, -0.1) is 0 Å². The van der Waals surface area contributed by atoms with Gasteiger partial charge in [0.05, 0.1) is 11.4 Å². The molecule has 4 nitrogen and oxygen atoms in total. The van der Waals surface area contributed by atoms with Crippen molar-refractivity contribution in [2.45, 2.75) is 18.9 Å². The van der Waals surface area contributed by atoms with Gasteiger partial charge in [-0.1, -0.05) is 11.6 Å². The van der Waals surface area contributed by atoms with Gasteiger partial charge in [-0.2, -0.15) is 0 Å². The maximum Gasteiger partial charge on any atom is 0.244 e. The maximum absolute atomic E-state index is 12.1. The molecule has 5 heteroatoms. The Kier molecular flexibility index (Phi) is 3.66. The van der Waals surface area contributed by atoms with E-state index >= 15 is 0 Å². The summed E-state index contributed by atoms with van der Waals surface area (Å²) >= 11 is 5.90. The average Bonchev–Trinajstić information content (AvgIpc) is 2.76. The first-order valence-corrected chi connectivity index (χ1v) is 6.41. The minimum Gasteiger partial charge on any atom is -0.397 e. The molecule has 0 aliphatic carbocycles. The van der Waals surface area contributed by atoms with Crippen molar-refractivity contribution in [3.63, 3.8) is 0 Å². The van der Waals surface area contributed by atoms with E-state index in [4.69, 9.17) is 17.3 Å². The Labute approximate surface area is 112 Å². The van der Waals surface area contributed by atoms with Gasteiger partial charge in [-0.25, -0.2) is 0 Å². The summed E-state index contributed by atoms with van der Waals surface area (Å²) in [7, 11) is 3.56. The fraction of sp³-hybridized carbons (Fsp3) is 0.462. The SMILES string of the molecule is CN(C)C(=O)C1CCCN1c1ccc(Cl)cc1N. The fourth-order valence-electron chi connectivity index (χ4n) is 2.40. The van der Waals surface area contributed by atoms with Crippen molar-refractivity contribution in [1.82, 2.24) is 4.90 Å². The summed E-state index contributed by atoms with van der Waals surface area (Å²) in [6.07, 6.45) is 1.88. The summed E-state index contributed by atoms with van der Waals surface area (Å²) in [5, 5.41) is 0.617. The molecule has 1 heterocycles. The van der Waals surface area contributed by atoms with E-state index < -0.39 is 0 Å². The highest BCUT2D eigenvalue weighted by molar-refractivity contribution is 6.31.